The molecule has 1 aliphatic rings. The molecule has 128 valence electrons. The van der Waals surface area contributed by atoms with E-state index in [-0.39, 0.29) is 17.5 Å². The van der Waals surface area contributed by atoms with Crippen molar-refractivity contribution < 1.29 is 9.53 Å². The number of carbonyl (C=O) groups excluding carboxylic acids is 1. The Morgan fingerprint density at radius 3 is 2.83 bits per heavy atom. The number of likely N-dealkylation sites (N-methyl/N-ethyl adjacent to an activating group) is 1. The van der Waals surface area contributed by atoms with Gasteiger partial charge in [0.05, 0.1) is 36.7 Å². The number of benzene rings is 1. The first-order valence-corrected chi connectivity index (χ1v) is 8.11. The summed E-state index contributed by atoms with van der Waals surface area (Å²) in [5.74, 6) is 0.631. The standard InChI is InChI=1S/C17H22N4O3/c1-12(17(23)21-7-9-24-10-8-21)20(2)11-15-18-14-6-4-3-5-13(14)16(22)19-15/h3-6,12H,7-11H2,1-2H3,(H,18,19,22)/t12-/m0/s1. The van der Waals surface area contributed by atoms with E-state index in [9.17, 15) is 9.59 Å². The van der Waals surface area contributed by atoms with Crippen molar-refractivity contribution in [2.45, 2.75) is 19.5 Å². The van der Waals surface area contributed by atoms with Crippen LogP contribution in [0.3, 0.4) is 0 Å². The van der Waals surface area contributed by atoms with Crippen LogP contribution in [0.15, 0.2) is 29.1 Å². The molecule has 24 heavy (non-hydrogen) atoms. The number of carbonyl (C=O) groups is 1. The highest BCUT2D eigenvalue weighted by molar-refractivity contribution is 5.81. The topological polar surface area (TPSA) is 78.5 Å². The van der Waals surface area contributed by atoms with Gasteiger partial charge in [0.15, 0.2) is 0 Å². The molecule has 7 nitrogen and oxygen atoms in total. The van der Waals surface area contributed by atoms with E-state index in [1.54, 1.807) is 6.07 Å². The van der Waals surface area contributed by atoms with Crippen molar-refractivity contribution in [3.63, 3.8) is 0 Å². The molecule has 2 heterocycles. The summed E-state index contributed by atoms with van der Waals surface area (Å²) in [4.78, 5) is 35.7. The Balaban J connectivity index is 1.73. The number of aromatic amines is 1. The summed E-state index contributed by atoms with van der Waals surface area (Å²) in [6.45, 7) is 4.70. The Kier molecular flexibility index (Phi) is 4.92. The zero-order chi connectivity index (χ0) is 17.1. The van der Waals surface area contributed by atoms with Crippen molar-refractivity contribution in [1.29, 1.82) is 0 Å². The number of morpholine rings is 1. The zero-order valence-electron chi connectivity index (χ0n) is 14.0. The minimum atomic E-state index is -0.292. The number of nitrogens with zero attached hydrogens (tertiary/aromatic N) is 3. The average molecular weight is 330 g/mol. The monoisotopic (exact) mass is 330 g/mol. The predicted molar refractivity (Wildman–Crippen MR) is 90.7 cm³/mol. The molecule has 0 unspecified atom stereocenters. The number of para-hydroxylation sites is 1. The summed E-state index contributed by atoms with van der Waals surface area (Å²) in [7, 11) is 1.86. The normalized spacial score (nSPS) is 16.5. The van der Waals surface area contributed by atoms with Gasteiger partial charge in [-0.25, -0.2) is 4.98 Å². The number of fused-ring (bicyclic) bond motifs is 1. The van der Waals surface area contributed by atoms with Gasteiger partial charge in [0, 0.05) is 13.1 Å². The molecule has 1 saturated heterocycles. The van der Waals surface area contributed by atoms with Crippen LogP contribution >= 0.6 is 0 Å². The number of rotatable bonds is 4. The molecule has 0 aliphatic carbocycles. The second-order valence-electron chi connectivity index (χ2n) is 6.06. The van der Waals surface area contributed by atoms with E-state index in [0.29, 0.717) is 49.6 Å². The lowest BCUT2D eigenvalue weighted by molar-refractivity contribution is -0.140. The van der Waals surface area contributed by atoms with Crippen molar-refractivity contribution in [3.8, 4) is 0 Å². The maximum atomic E-state index is 12.5. The SMILES string of the molecule is C[C@@H](C(=O)N1CCOCC1)N(C)Cc1nc2ccccc2c(=O)[nH]1. The Labute approximate surface area is 140 Å². The summed E-state index contributed by atoms with van der Waals surface area (Å²) in [6.07, 6.45) is 0. The van der Waals surface area contributed by atoms with Gasteiger partial charge in [0.2, 0.25) is 5.91 Å². The molecule has 1 atom stereocenters. The Morgan fingerprint density at radius 2 is 2.08 bits per heavy atom. The summed E-state index contributed by atoms with van der Waals surface area (Å²) in [6, 6.07) is 6.94. The number of H-pyrrole nitrogens is 1. The molecule has 7 heteroatoms. The Hall–Kier alpha value is -2.25. The number of aromatic nitrogens is 2. The molecular weight excluding hydrogens is 308 g/mol. The third kappa shape index (κ3) is 3.47. The van der Waals surface area contributed by atoms with Crippen LogP contribution in [0, 0.1) is 0 Å². The van der Waals surface area contributed by atoms with Crippen LogP contribution < -0.4 is 5.56 Å². The molecule has 2 aromatic rings. The van der Waals surface area contributed by atoms with E-state index in [0.717, 1.165) is 0 Å². The van der Waals surface area contributed by atoms with E-state index in [4.69, 9.17) is 4.74 Å². The summed E-state index contributed by atoms with van der Waals surface area (Å²) in [5, 5.41) is 0.571. The maximum absolute atomic E-state index is 12.5. The number of amides is 1. The third-order valence-electron chi connectivity index (χ3n) is 4.40. The first-order chi connectivity index (χ1) is 11.6. The van der Waals surface area contributed by atoms with E-state index in [1.807, 2.05) is 42.0 Å². The van der Waals surface area contributed by atoms with Gasteiger partial charge in [-0.1, -0.05) is 12.1 Å². The second kappa shape index (κ2) is 7.11. The van der Waals surface area contributed by atoms with Crippen LogP contribution in [0.1, 0.15) is 12.7 Å². The molecule has 3 rings (SSSR count). The minimum Gasteiger partial charge on any atom is -0.378 e. The molecule has 0 radical (unpaired) electrons. The van der Waals surface area contributed by atoms with Gasteiger partial charge in [-0.15, -0.1) is 0 Å². The van der Waals surface area contributed by atoms with Gasteiger partial charge >= 0.3 is 0 Å². The number of nitrogens with one attached hydrogen (secondary N) is 1. The van der Waals surface area contributed by atoms with E-state index < -0.39 is 0 Å². The van der Waals surface area contributed by atoms with Crippen LogP contribution in [0.2, 0.25) is 0 Å². The van der Waals surface area contributed by atoms with Crippen LogP contribution in [-0.2, 0) is 16.1 Å². The molecule has 1 fully saturated rings. The highest BCUT2D eigenvalue weighted by atomic mass is 16.5. The van der Waals surface area contributed by atoms with Gasteiger partial charge in [0.25, 0.3) is 5.56 Å². The summed E-state index contributed by atoms with van der Waals surface area (Å²) < 4.78 is 5.28. The van der Waals surface area contributed by atoms with Crippen LogP contribution in [0.5, 0.6) is 0 Å². The molecule has 1 aromatic heterocycles. The fourth-order valence-electron chi connectivity index (χ4n) is 2.82. The highest BCUT2D eigenvalue weighted by Crippen LogP contribution is 2.10. The third-order valence-corrected chi connectivity index (χ3v) is 4.40. The quantitative estimate of drug-likeness (QED) is 0.888. The van der Waals surface area contributed by atoms with Crippen molar-refractivity contribution in [2.24, 2.45) is 0 Å². The summed E-state index contributed by atoms with van der Waals surface area (Å²) in [5.41, 5.74) is 0.507. The lowest BCUT2D eigenvalue weighted by atomic mass is 10.2. The number of ether oxygens (including phenoxy) is 1. The smallest absolute Gasteiger partial charge is 0.258 e. The van der Waals surface area contributed by atoms with Crippen molar-refractivity contribution >= 4 is 16.8 Å². The van der Waals surface area contributed by atoms with Gasteiger partial charge in [-0.05, 0) is 26.1 Å². The largest absolute Gasteiger partial charge is 0.378 e. The van der Waals surface area contributed by atoms with Crippen LogP contribution in [0.25, 0.3) is 10.9 Å². The fraction of sp³-hybridized carbons (Fsp3) is 0.471. The zero-order valence-corrected chi connectivity index (χ0v) is 14.0. The lowest BCUT2D eigenvalue weighted by Crippen LogP contribution is -2.49. The molecule has 1 amide bonds. The number of hydrogen-bond donors (Lipinski definition) is 1. The van der Waals surface area contributed by atoms with Crippen molar-refractivity contribution in [2.75, 3.05) is 33.4 Å². The first-order valence-electron chi connectivity index (χ1n) is 8.11. The van der Waals surface area contributed by atoms with Gasteiger partial charge in [-0.3, -0.25) is 14.5 Å². The minimum absolute atomic E-state index is 0.0731. The van der Waals surface area contributed by atoms with Crippen LogP contribution in [-0.4, -0.2) is 65.1 Å². The van der Waals surface area contributed by atoms with Crippen LogP contribution in [0.4, 0.5) is 0 Å². The van der Waals surface area contributed by atoms with E-state index in [2.05, 4.69) is 9.97 Å². The van der Waals surface area contributed by atoms with Crippen molar-refractivity contribution in [1.82, 2.24) is 19.8 Å². The fourth-order valence-corrected chi connectivity index (χ4v) is 2.82. The first kappa shape index (κ1) is 16.6. The van der Waals surface area contributed by atoms with Crippen molar-refractivity contribution in [3.05, 3.63) is 40.4 Å². The maximum Gasteiger partial charge on any atom is 0.258 e. The molecule has 0 spiro atoms. The number of hydrogen-bond acceptors (Lipinski definition) is 5. The van der Waals surface area contributed by atoms with Gasteiger partial charge in [-0.2, -0.15) is 0 Å². The van der Waals surface area contributed by atoms with Gasteiger partial charge in [0.1, 0.15) is 5.82 Å². The Morgan fingerprint density at radius 1 is 1.38 bits per heavy atom. The van der Waals surface area contributed by atoms with E-state index >= 15 is 0 Å². The second-order valence-corrected chi connectivity index (χ2v) is 6.06. The highest BCUT2D eigenvalue weighted by Gasteiger charge is 2.25. The molecule has 1 aliphatic heterocycles. The Bertz CT molecular complexity index is 783. The summed E-state index contributed by atoms with van der Waals surface area (Å²) >= 11 is 0. The molecule has 1 aromatic carbocycles. The molecule has 1 N–H and O–H groups in total. The molecular formula is C17H22N4O3. The molecule has 0 saturated carbocycles. The lowest BCUT2D eigenvalue weighted by Gasteiger charge is -2.32. The van der Waals surface area contributed by atoms with Gasteiger partial charge < -0.3 is 14.6 Å². The predicted octanol–water partition coefficient (Wildman–Crippen LogP) is 0.602. The molecule has 0 bridgehead atoms. The average Bonchev–Trinajstić information content (AvgIpc) is 2.61. The van der Waals surface area contributed by atoms with E-state index in [1.165, 1.54) is 0 Å².